The number of hydrogen-bond acceptors (Lipinski definition) is 2. The van der Waals surface area contributed by atoms with Crippen LogP contribution in [-0.2, 0) is 9.59 Å². The Morgan fingerprint density at radius 3 is 1.85 bits per heavy atom. The molecule has 0 aliphatic carbocycles. The molecule has 2 amide bonds. The van der Waals surface area contributed by atoms with E-state index in [1.165, 1.54) is 0 Å². The van der Waals surface area contributed by atoms with Gasteiger partial charge in [0.1, 0.15) is 0 Å². The fourth-order valence-corrected chi connectivity index (χ4v) is 1.54. The third-order valence-electron chi connectivity index (χ3n) is 2.70. The average molecular weight is 276 g/mol. The Hall–Kier alpha value is -1.84. The molecule has 1 rings (SSSR count). The number of anilines is 2. The minimum Gasteiger partial charge on any atom is -0.326 e. The molecule has 0 bridgehead atoms. The molecular weight excluding hydrogens is 252 g/mol. The van der Waals surface area contributed by atoms with E-state index in [1.54, 1.807) is 24.3 Å². The molecule has 0 aromatic heterocycles. The lowest BCUT2D eigenvalue weighted by Gasteiger charge is -2.17. The van der Waals surface area contributed by atoms with Gasteiger partial charge in [-0.1, -0.05) is 34.6 Å². The molecule has 0 saturated carbocycles. The van der Waals surface area contributed by atoms with Crippen molar-refractivity contribution in [1.82, 2.24) is 0 Å². The standard InChI is InChI=1S/C16H24N2O2/c1-11(2)10-14(19)17-12-6-8-13(9-7-12)18-15(20)16(3,4)5/h6-9,11H,10H2,1-5H3,(H,17,19)(H,18,20). The van der Waals surface area contributed by atoms with E-state index in [4.69, 9.17) is 0 Å². The second kappa shape index (κ2) is 6.55. The molecule has 0 heterocycles. The van der Waals surface area contributed by atoms with Crippen molar-refractivity contribution in [3.05, 3.63) is 24.3 Å². The van der Waals surface area contributed by atoms with Crippen LogP contribution in [0.4, 0.5) is 11.4 Å². The molecule has 2 N–H and O–H groups in total. The highest BCUT2D eigenvalue weighted by Gasteiger charge is 2.20. The van der Waals surface area contributed by atoms with Crippen molar-refractivity contribution < 1.29 is 9.59 Å². The second-order valence-corrected chi connectivity index (χ2v) is 6.43. The third kappa shape index (κ3) is 5.43. The molecule has 0 aliphatic heterocycles. The lowest BCUT2D eigenvalue weighted by molar-refractivity contribution is -0.123. The number of nitrogens with one attached hydrogen (secondary N) is 2. The van der Waals surface area contributed by atoms with Crippen LogP contribution >= 0.6 is 0 Å². The van der Waals surface area contributed by atoms with Gasteiger partial charge >= 0.3 is 0 Å². The van der Waals surface area contributed by atoms with E-state index < -0.39 is 5.41 Å². The molecule has 1 aromatic carbocycles. The van der Waals surface area contributed by atoms with Crippen LogP contribution in [0, 0.1) is 11.3 Å². The third-order valence-corrected chi connectivity index (χ3v) is 2.70. The second-order valence-electron chi connectivity index (χ2n) is 6.43. The molecule has 0 saturated heterocycles. The maximum absolute atomic E-state index is 11.8. The zero-order chi connectivity index (χ0) is 15.3. The molecule has 20 heavy (non-hydrogen) atoms. The van der Waals surface area contributed by atoms with Gasteiger partial charge in [0.2, 0.25) is 11.8 Å². The number of carbonyl (C=O) groups excluding carboxylic acids is 2. The van der Waals surface area contributed by atoms with Gasteiger partial charge in [0.05, 0.1) is 0 Å². The van der Waals surface area contributed by atoms with Gasteiger partial charge in [-0.15, -0.1) is 0 Å². The van der Waals surface area contributed by atoms with Gasteiger partial charge in [-0.3, -0.25) is 9.59 Å². The van der Waals surface area contributed by atoms with Crippen molar-refractivity contribution in [2.75, 3.05) is 10.6 Å². The smallest absolute Gasteiger partial charge is 0.229 e. The highest BCUT2D eigenvalue weighted by Crippen LogP contribution is 2.19. The average Bonchev–Trinajstić information content (AvgIpc) is 2.29. The summed E-state index contributed by atoms with van der Waals surface area (Å²) in [6.45, 7) is 9.60. The van der Waals surface area contributed by atoms with Crippen LogP contribution in [0.5, 0.6) is 0 Å². The number of hydrogen-bond donors (Lipinski definition) is 2. The van der Waals surface area contributed by atoms with Gasteiger partial charge in [0.15, 0.2) is 0 Å². The number of carbonyl (C=O) groups is 2. The van der Waals surface area contributed by atoms with Crippen molar-refractivity contribution >= 4 is 23.2 Å². The van der Waals surface area contributed by atoms with E-state index in [-0.39, 0.29) is 11.8 Å². The first-order valence-corrected chi connectivity index (χ1v) is 6.90. The number of benzene rings is 1. The van der Waals surface area contributed by atoms with E-state index in [9.17, 15) is 9.59 Å². The Balaban J connectivity index is 2.61. The fraction of sp³-hybridized carbons (Fsp3) is 0.500. The van der Waals surface area contributed by atoms with Crippen LogP contribution in [0.1, 0.15) is 41.0 Å². The molecule has 0 spiro atoms. The van der Waals surface area contributed by atoms with E-state index >= 15 is 0 Å². The first kappa shape index (κ1) is 16.2. The Labute approximate surface area is 121 Å². The summed E-state index contributed by atoms with van der Waals surface area (Å²) < 4.78 is 0. The van der Waals surface area contributed by atoms with Gasteiger partial charge in [0.25, 0.3) is 0 Å². The zero-order valence-corrected chi connectivity index (χ0v) is 12.9. The predicted octanol–water partition coefficient (Wildman–Crippen LogP) is 3.66. The topological polar surface area (TPSA) is 58.2 Å². The first-order chi connectivity index (χ1) is 9.18. The van der Waals surface area contributed by atoms with E-state index in [2.05, 4.69) is 10.6 Å². The molecule has 0 radical (unpaired) electrons. The van der Waals surface area contributed by atoms with Crippen molar-refractivity contribution in [1.29, 1.82) is 0 Å². The van der Waals surface area contributed by atoms with Crippen molar-refractivity contribution in [3.63, 3.8) is 0 Å². The van der Waals surface area contributed by atoms with E-state index in [1.807, 2.05) is 34.6 Å². The van der Waals surface area contributed by atoms with Gasteiger partial charge in [-0.2, -0.15) is 0 Å². The SMILES string of the molecule is CC(C)CC(=O)Nc1ccc(NC(=O)C(C)(C)C)cc1. The lowest BCUT2D eigenvalue weighted by Crippen LogP contribution is -2.27. The zero-order valence-electron chi connectivity index (χ0n) is 12.9. The number of amides is 2. The monoisotopic (exact) mass is 276 g/mol. The summed E-state index contributed by atoms with van der Waals surface area (Å²) in [6, 6.07) is 7.15. The van der Waals surface area contributed by atoms with Crippen LogP contribution in [0.2, 0.25) is 0 Å². The highest BCUT2D eigenvalue weighted by atomic mass is 16.2. The summed E-state index contributed by atoms with van der Waals surface area (Å²) in [5.41, 5.74) is 1.04. The fourth-order valence-electron chi connectivity index (χ4n) is 1.54. The van der Waals surface area contributed by atoms with E-state index in [0.717, 1.165) is 11.4 Å². The molecule has 110 valence electrons. The summed E-state index contributed by atoms with van der Waals surface area (Å²) >= 11 is 0. The van der Waals surface area contributed by atoms with Crippen molar-refractivity contribution in [2.45, 2.75) is 41.0 Å². The van der Waals surface area contributed by atoms with Crippen LogP contribution in [-0.4, -0.2) is 11.8 Å². The van der Waals surface area contributed by atoms with Gasteiger partial charge in [-0.25, -0.2) is 0 Å². The Morgan fingerprint density at radius 2 is 1.45 bits per heavy atom. The number of rotatable bonds is 4. The Morgan fingerprint density at radius 1 is 1.00 bits per heavy atom. The summed E-state index contributed by atoms with van der Waals surface area (Å²) in [5.74, 6) is 0.306. The van der Waals surface area contributed by atoms with Gasteiger partial charge in [-0.05, 0) is 30.2 Å². The normalized spacial score (nSPS) is 11.3. The van der Waals surface area contributed by atoms with Crippen LogP contribution in [0.15, 0.2) is 24.3 Å². The maximum atomic E-state index is 11.8. The predicted molar refractivity (Wildman–Crippen MR) is 82.6 cm³/mol. The molecular formula is C16H24N2O2. The lowest BCUT2D eigenvalue weighted by atomic mass is 9.95. The molecule has 0 unspecified atom stereocenters. The summed E-state index contributed by atoms with van der Waals surface area (Å²) in [5, 5.41) is 5.68. The van der Waals surface area contributed by atoms with Crippen molar-refractivity contribution in [3.8, 4) is 0 Å². The summed E-state index contributed by atoms with van der Waals surface area (Å²) in [4.78, 5) is 23.5. The van der Waals surface area contributed by atoms with Gasteiger partial charge in [0, 0.05) is 23.2 Å². The van der Waals surface area contributed by atoms with Gasteiger partial charge < -0.3 is 10.6 Å². The molecule has 1 aromatic rings. The van der Waals surface area contributed by atoms with Crippen LogP contribution < -0.4 is 10.6 Å². The minimum absolute atomic E-state index is 0.00600. The van der Waals surface area contributed by atoms with Crippen molar-refractivity contribution in [2.24, 2.45) is 11.3 Å². The van der Waals surface area contributed by atoms with Crippen LogP contribution in [0.25, 0.3) is 0 Å². The summed E-state index contributed by atoms with van der Waals surface area (Å²) in [6.07, 6.45) is 0.502. The largest absolute Gasteiger partial charge is 0.326 e. The molecule has 0 atom stereocenters. The van der Waals surface area contributed by atoms with E-state index in [0.29, 0.717) is 12.3 Å². The molecule has 4 nitrogen and oxygen atoms in total. The summed E-state index contributed by atoms with van der Waals surface area (Å²) in [7, 11) is 0. The first-order valence-electron chi connectivity index (χ1n) is 6.90. The molecule has 0 aliphatic rings. The minimum atomic E-state index is -0.426. The van der Waals surface area contributed by atoms with Crippen LogP contribution in [0.3, 0.4) is 0 Å². The molecule has 0 fully saturated rings. The quantitative estimate of drug-likeness (QED) is 0.881. The molecule has 4 heteroatoms. The Kier molecular flexibility index (Phi) is 5.31. The Bertz CT molecular complexity index is 470. The maximum Gasteiger partial charge on any atom is 0.229 e. The highest BCUT2D eigenvalue weighted by molar-refractivity contribution is 5.95.